The number of piperidine rings is 1. The van der Waals surface area contributed by atoms with Gasteiger partial charge < -0.3 is 60.3 Å². The van der Waals surface area contributed by atoms with Crippen LogP contribution in [0.4, 0.5) is 11.6 Å². The molecule has 3 aromatic rings. The van der Waals surface area contributed by atoms with E-state index in [0.717, 1.165) is 93.4 Å². The van der Waals surface area contributed by atoms with Crippen LogP contribution in [0.2, 0.25) is 5.15 Å². The van der Waals surface area contributed by atoms with Crippen molar-refractivity contribution in [2.75, 3.05) is 104 Å². The van der Waals surface area contributed by atoms with Gasteiger partial charge in [-0.1, -0.05) is 35.9 Å². The van der Waals surface area contributed by atoms with Crippen molar-refractivity contribution in [3.05, 3.63) is 70.5 Å². The standard InChI is InChI=1S/C42H57ClN8O9/c43-39-41(45)50-40(44)38(49-39)42(54)48-31-6-3-19-51(22-31,17-1-4-29-7-11-34(12-8-29)57-27-36(52)59-25-32-23-55-20-15-46-32)18-2-5-30-9-13-35(14-10-30)58-28-37(53)60-26-33-24-56-21-16-47-33/h7-14,31-33,46-47H,1-6,15-28H2,(H4-,44,45,48,50,54)/p+1/t31-,32?,33?,51?/m0/s1. The normalized spacial score (nSPS) is 21.7. The first-order valence-electron chi connectivity index (χ1n) is 20.7. The van der Waals surface area contributed by atoms with Crippen LogP contribution in [0.3, 0.4) is 0 Å². The summed E-state index contributed by atoms with van der Waals surface area (Å²) in [5.74, 6) is -0.174. The van der Waals surface area contributed by atoms with Crippen LogP contribution in [0.15, 0.2) is 48.5 Å². The fraction of sp³-hybridized carbons (Fsp3) is 0.548. The highest BCUT2D eigenvalue weighted by molar-refractivity contribution is 6.31. The van der Waals surface area contributed by atoms with Crippen LogP contribution in [0.1, 0.15) is 47.3 Å². The quantitative estimate of drug-likeness (QED) is 0.0812. The molecule has 60 heavy (non-hydrogen) atoms. The number of anilines is 2. The van der Waals surface area contributed by atoms with Gasteiger partial charge in [-0.15, -0.1) is 0 Å². The maximum absolute atomic E-state index is 13.3. The van der Waals surface area contributed by atoms with Crippen LogP contribution >= 0.6 is 11.6 Å². The number of nitrogen functional groups attached to an aromatic ring is 2. The molecule has 0 spiro atoms. The number of likely N-dealkylation sites (tertiary alicyclic amines) is 1. The number of quaternary nitrogens is 1. The Morgan fingerprint density at radius 2 is 1.32 bits per heavy atom. The van der Waals surface area contributed by atoms with Gasteiger partial charge in [-0.25, -0.2) is 19.6 Å². The predicted octanol–water partition coefficient (Wildman–Crippen LogP) is 2.09. The number of ether oxygens (including phenoxy) is 6. The summed E-state index contributed by atoms with van der Waals surface area (Å²) in [5, 5.41) is 9.59. The van der Waals surface area contributed by atoms with E-state index in [1.165, 1.54) is 0 Å². The first-order valence-corrected chi connectivity index (χ1v) is 21.1. The van der Waals surface area contributed by atoms with Gasteiger partial charge in [-0.2, -0.15) is 0 Å². The van der Waals surface area contributed by atoms with Gasteiger partial charge in [0.2, 0.25) is 0 Å². The maximum Gasteiger partial charge on any atom is 0.344 e. The van der Waals surface area contributed by atoms with Crippen molar-refractivity contribution in [1.29, 1.82) is 0 Å². The number of benzene rings is 2. The second-order valence-electron chi connectivity index (χ2n) is 15.5. The molecular formula is C42H58ClN8O9+. The highest BCUT2D eigenvalue weighted by Gasteiger charge is 2.36. The molecule has 1 aromatic heterocycles. The molecule has 2 aromatic carbocycles. The first-order chi connectivity index (χ1) is 29.1. The molecule has 7 N–H and O–H groups in total. The second-order valence-corrected chi connectivity index (χ2v) is 15.9. The maximum atomic E-state index is 13.3. The third-order valence-electron chi connectivity index (χ3n) is 10.9. The average Bonchev–Trinajstić information content (AvgIpc) is 3.26. The van der Waals surface area contributed by atoms with E-state index < -0.39 is 17.8 Å². The molecule has 4 heterocycles. The van der Waals surface area contributed by atoms with Crippen LogP contribution < -0.4 is 36.9 Å². The van der Waals surface area contributed by atoms with Crippen molar-refractivity contribution in [1.82, 2.24) is 25.9 Å². The van der Waals surface area contributed by atoms with Crippen LogP contribution in [-0.2, 0) is 41.4 Å². The smallest absolute Gasteiger partial charge is 0.344 e. The van der Waals surface area contributed by atoms with E-state index in [0.29, 0.717) is 37.9 Å². The molecule has 2 unspecified atom stereocenters. The number of hydrogen-bond acceptors (Lipinski definition) is 15. The van der Waals surface area contributed by atoms with Gasteiger partial charge in [0, 0.05) is 25.9 Å². The zero-order valence-corrected chi connectivity index (χ0v) is 34.8. The number of morpholine rings is 2. The third-order valence-corrected chi connectivity index (χ3v) is 11.2. The Morgan fingerprint density at radius 3 is 1.82 bits per heavy atom. The average molecular weight is 854 g/mol. The molecule has 3 fully saturated rings. The summed E-state index contributed by atoms with van der Waals surface area (Å²) in [6, 6.07) is 15.5. The van der Waals surface area contributed by atoms with Gasteiger partial charge in [0.15, 0.2) is 35.7 Å². The van der Waals surface area contributed by atoms with Gasteiger partial charge in [0.05, 0.1) is 70.7 Å². The number of aryl methyl sites for hydroxylation is 2. The Hall–Kier alpha value is -4.78. The van der Waals surface area contributed by atoms with E-state index in [2.05, 4.69) is 25.9 Å². The second kappa shape index (κ2) is 22.7. The number of nitrogens with one attached hydrogen (secondary N) is 3. The lowest BCUT2D eigenvalue weighted by molar-refractivity contribution is -0.933. The minimum absolute atomic E-state index is 0.00327. The number of halogens is 1. The minimum atomic E-state index is -0.426. The molecule has 1 amide bonds. The zero-order valence-electron chi connectivity index (χ0n) is 34.0. The summed E-state index contributed by atoms with van der Waals surface area (Å²) in [5.41, 5.74) is 14.0. The monoisotopic (exact) mass is 853 g/mol. The Morgan fingerprint density at radius 1 is 0.783 bits per heavy atom. The fourth-order valence-corrected chi connectivity index (χ4v) is 7.90. The largest absolute Gasteiger partial charge is 0.482 e. The summed E-state index contributed by atoms with van der Waals surface area (Å²) in [4.78, 5) is 45.9. The molecule has 0 radical (unpaired) electrons. The van der Waals surface area contributed by atoms with Crippen molar-refractivity contribution in [2.45, 2.75) is 56.7 Å². The van der Waals surface area contributed by atoms with Crippen molar-refractivity contribution < 1.29 is 47.3 Å². The number of rotatable bonds is 20. The molecular weight excluding hydrogens is 796 g/mol. The number of nitrogens with zero attached hydrogens (tertiary/aromatic N) is 3. The molecule has 3 aliphatic heterocycles. The molecule has 3 aliphatic rings. The Bertz CT molecular complexity index is 1760. The molecule has 6 rings (SSSR count). The molecule has 3 saturated heterocycles. The molecule has 0 aliphatic carbocycles. The zero-order chi connectivity index (χ0) is 42.2. The lowest BCUT2D eigenvalue weighted by atomic mass is 9.99. The van der Waals surface area contributed by atoms with E-state index in [-0.39, 0.29) is 67.0 Å². The van der Waals surface area contributed by atoms with Gasteiger partial charge in [-0.3, -0.25) is 4.79 Å². The predicted molar refractivity (Wildman–Crippen MR) is 224 cm³/mol. The van der Waals surface area contributed by atoms with Crippen LogP contribution in [0.5, 0.6) is 11.5 Å². The molecule has 0 saturated carbocycles. The topological polar surface area (TPSA) is 220 Å². The highest BCUT2D eigenvalue weighted by atomic mass is 35.5. The van der Waals surface area contributed by atoms with E-state index in [1.54, 1.807) is 0 Å². The number of amides is 1. The lowest BCUT2D eigenvalue weighted by Crippen LogP contribution is -2.60. The summed E-state index contributed by atoms with van der Waals surface area (Å²) in [6.07, 6.45) is 5.32. The summed E-state index contributed by atoms with van der Waals surface area (Å²) in [7, 11) is 0. The van der Waals surface area contributed by atoms with Crippen molar-refractivity contribution in [3.8, 4) is 11.5 Å². The molecule has 18 heteroatoms. The van der Waals surface area contributed by atoms with Crippen LogP contribution in [-0.4, -0.2) is 143 Å². The molecule has 17 nitrogen and oxygen atoms in total. The molecule has 326 valence electrons. The first kappa shape index (κ1) is 44.8. The molecule has 3 atom stereocenters. The number of esters is 2. The summed E-state index contributed by atoms with van der Waals surface area (Å²) < 4.78 is 33.7. The summed E-state index contributed by atoms with van der Waals surface area (Å²) in [6.45, 7) is 7.55. The SMILES string of the molecule is Nc1nc(N)c(C(=O)N[C@H]2CCC[N+](CCCc3ccc(OCC(=O)OCC4COCCN4)cc3)(CCCc3ccc(OCC(=O)OCC4COCCN4)cc3)C2)nc1Cl. The lowest BCUT2D eigenvalue weighted by Gasteiger charge is -2.45. The van der Waals surface area contributed by atoms with E-state index in [4.69, 9.17) is 51.5 Å². The highest BCUT2D eigenvalue weighted by Crippen LogP contribution is 2.25. The van der Waals surface area contributed by atoms with Crippen molar-refractivity contribution in [3.63, 3.8) is 0 Å². The van der Waals surface area contributed by atoms with Gasteiger partial charge >= 0.3 is 11.9 Å². The van der Waals surface area contributed by atoms with Gasteiger partial charge in [-0.05, 0) is 61.1 Å². The summed E-state index contributed by atoms with van der Waals surface area (Å²) >= 11 is 6.08. The minimum Gasteiger partial charge on any atom is -0.482 e. The van der Waals surface area contributed by atoms with Crippen LogP contribution in [0.25, 0.3) is 0 Å². The Labute approximate surface area is 355 Å². The van der Waals surface area contributed by atoms with Crippen molar-refractivity contribution in [2.24, 2.45) is 0 Å². The molecule has 0 bridgehead atoms. The number of nitrogens with two attached hydrogens (primary N) is 2. The van der Waals surface area contributed by atoms with Gasteiger partial charge in [0.1, 0.15) is 24.7 Å². The van der Waals surface area contributed by atoms with E-state index >= 15 is 0 Å². The number of aromatic nitrogens is 2. The van der Waals surface area contributed by atoms with E-state index in [1.807, 2.05) is 48.5 Å². The number of carbonyl (C=O) groups is 3. The van der Waals surface area contributed by atoms with E-state index in [9.17, 15) is 14.4 Å². The van der Waals surface area contributed by atoms with Crippen LogP contribution in [0, 0.1) is 0 Å². The fourth-order valence-electron chi connectivity index (χ4n) is 7.77. The van der Waals surface area contributed by atoms with Crippen molar-refractivity contribution >= 4 is 41.1 Å². The Kier molecular flexibility index (Phi) is 16.9. The third kappa shape index (κ3) is 14.2. The number of hydrogen-bond donors (Lipinski definition) is 5. The van der Waals surface area contributed by atoms with Gasteiger partial charge in [0.25, 0.3) is 5.91 Å². The number of carbonyl (C=O) groups excluding carboxylic acids is 3. The Balaban J connectivity index is 0.998.